The molecule has 4 nitrogen and oxygen atoms in total. The van der Waals surface area contributed by atoms with E-state index in [4.69, 9.17) is 5.21 Å². The van der Waals surface area contributed by atoms with Crippen LogP contribution in [-0.2, 0) is 0 Å². The lowest BCUT2D eigenvalue weighted by atomic mass is 10.2. The second-order valence-corrected chi connectivity index (χ2v) is 3.05. The Morgan fingerprint density at radius 3 is 2.93 bits per heavy atom. The summed E-state index contributed by atoms with van der Waals surface area (Å²) in [6.45, 7) is 1.69. The molecule has 72 valence electrons. The fourth-order valence-electron chi connectivity index (χ4n) is 1.32. The first-order valence-electron chi connectivity index (χ1n) is 4.33. The molecule has 14 heavy (non-hydrogen) atoms. The average molecular weight is 189 g/mol. The van der Waals surface area contributed by atoms with Gasteiger partial charge in [0.15, 0.2) is 0 Å². The van der Waals surface area contributed by atoms with Crippen LogP contribution in [0.1, 0.15) is 6.92 Å². The summed E-state index contributed by atoms with van der Waals surface area (Å²) in [5.74, 6) is 1.18. The third kappa shape index (κ3) is 1.60. The number of hydrogen-bond donors (Lipinski definition) is 3. The number of H-pyrrole nitrogens is 1. The second-order valence-electron chi connectivity index (χ2n) is 3.05. The zero-order chi connectivity index (χ0) is 9.97. The van der Waals surface area contributed by atoms with Crippen molar-refractivity contribution < 1.29 is 5.21 Å². The molecule has 0 radical (unpaired) electrons. The van der Waals surface area contributed by atoms with Gasteiger partial charge in [-0.1, -0.05) is 18.2 Å². The quantitative estimate of drug-likeness (QED) is 0.366. The number of aliphatic imine (C=N–C) groups is 1. The van der Waals surface area contributed by atoms with E-state index < -0.39 is 0 Å². The van der Waals surface area contributed by atoms with Crippen LogP contribution in [0.25, 0.3) is 10.9 Å². The van der Waals surface area contributed by atoms with E-state index in [1.165, 1.54) is 0 Å². The SMILES string of the molecule is CC(=Nc1cc2ccccc2[nH]1)NO. The van der Waals surface area contributed by atoms with Crippen molar-refractivity contribution in [3.63, 3.8) is 0 Å². The van der Waals surface area contributed by atoms with Gasteiger partial charge in [0.25, 0.3) is 0 Å². The number of nitrogens with zero attached hydrogens (tertiary/aromatic N) is 1. The normalized spacial score (nSPS) is 12.0. The molecule has 1 aromatic heterocycles. The van der Waals surface area contributed by atoms with Crippen LogP contribution in [0.2, 0.25) is 0 Å². The number of amidine groups is 1. The molecule has 0 amide bonds. The number of fused-ring (bicyclic) bond motifs is 1. The van der Waals surface area contributed by atoms with Gasteiger partial charge < -0.3 is 4.98 Å². The van der Waals surface area contributed by atoms with Crippen LogP contribution in [-0.4, -0.2) is 16.0 Å². The van der Waals surface area contributed by atoms with Crippen molar-refractivity contribution in [1.82, 2.24) is 10.5 Å². The van der Waals surface area contributed by atoms with Crippen molar-refractivity contribution in [2.75, 3.05) is 0 Å². The van der Waals surface area contributed by atoms with E-state index >= 15 is 0 Å². The molecule has 1 heterocycles. The van der Waals surface area contributed by atoms with Crippen molar-refractivity contribution >= 4 is 22.6 Å². The Morgan fingerprint density at radius 1 is 1.43 bits per heavy atom. The molecule has 2 rings (SSSR count). The number of nitrogens with one attached hydrogen (secondary N) is 2. The van der Waals surface area contributed by atoms with E-state index in [-0.39, 0.29) is 0 Å². The molecule has 0 aliphatic carbocycles. The first-order valence-corrected chi connectivity index (χ1v) is 4.33. The smallest absolute Gasteiger partial charge is 0.133 e. The molecule has 0 bridgehead atoms. The number of para-hydroxylation sites is 1. The molecule has 0 spiro atoms. The van der Waals surface area contributed by atoms with Gasteiger partial charge in [0.1, 0.15) is 11.7 Å². The van der Waals surface area contributed by atoms with Crippen LogP contribution in [0, 0.1) is 0 Å². The van der Waals surface area contributed by atoms with Crippen LogP contribution in [0.3, 0.4) is 0 Å². The van der Waals surface area contributed by atoms with E-state index in [9.17, 15) is 0 Å². The van der Waals surface area contributed by atoms with Gasteiger partial charge in [0.2, 0.25) is 0 Å². The number of aromatic nitrogens is 1. The molecule has 0 atom stereocenters. The zero-order valence-electron chi connectivity index (χ0n) is 7.78. The first kappa shape index (κ1) is 8.77. The lowest BCUT2D eigenvalue weighted by Crippen LogP contribution is -2.13. The second kappa shape index (κ2) is 3.51. The highest BCUT2D eigenvalue weighted by atomic mass is 16.5. The summed E-state index contributed by atoms with van der Waals surface area (Å²) < 4.78 is 0. The molecular formula is C10H11N3O. The van der Waals surface area contributed by atoms with Gasteiger partial charge in [-0.15, -0.1) is 0 Å². The maximum absolute atomic E-state index is 8.58. The maximum atomic E-state index is 8.58. The van der Waals surface area contributed by atoms with Crippen LogP contribution in [0.5, 0.6) is 0 Å². The number of aromatic amines is 1. The van der Waals surface area contributed by atoms with Crippen molar-refractivity contribution in [1.29, 1.82) is 0 Å². The van der Waals surface area contributed by atoms with Crippen molar-refractivity contribution in [2.45, 2.75) is 6.92 Å². The van der Waals surface area contributed by atoms with Crippen LogP contribution < -0.4 is 5.48 Å². The summed E-state index contributed by atoms with van der Waals surface area (Å²) in [7, 11) is 0. The molecule has 2 aromatic rings. The Kier molecular flexibility index (Phi) is 2.20. The fraction of sp³-hybridized carbons (Fsp3) is 0.100. The van der Waals surface area contributed by atoms with Crippen LogP contribution in [0.15, 0.2) is 35.3 Å². The lowest BCUT2D eigenvalue weighted by molar-refractivity contribution is 0.234. The minimum atomic E-state index is 0.455. The van der Waals surface area contributed by atoms with Gasteiger partial charge in [0, 0.05) is 10.9 Å². The Morgan fingerprint density at radius 2 is 2.21 bits per heavy atom. The van der Waals surface area contributed by atoms with Gasteiger partial charge in [-0.2, -0.15) is 0 Å². The fourth-order valence-corrected chi connectivity index (χ4v) is 1.32. The third-order valence-corrected chi connectivity index (χ3v) is 1.97. The molecule has 3 N–H and O–H groups in total. The molecular weight excluding hydrogens is 178 g/mol. The summed E-state index contributed by atoms with van der Waals surface area (Å²) in [5.41, 5.74) is 3.03. The van der Waals surface area contributed by atoms with Gasteiger partial charge in [-0.25, -0.2) is 4.99 Å². The molecule has 0 fully saturated rings. The topological polar surface area (TPSA) is 60.4 Å². The first-order chi connectivity index (χ1) is 6.79. The van der Waals surface area contributed by atoms with E-state index in [2.05, 4.69) is 9.98 Å². The monoisotopic (exact) mass is 189 g/mol. The van der Waals surface area contributed by atoms with Crippen molar-refractivity contribution in [3.05, 3.63) is 30.3 Å². The van der Waals surface area contributed by atoms with Gasteiger partial charge in [0.05, 0.1) is 0 Å². The van der Waals surface area contributed by atoms with E-state index in [0.717, 1.165) is 16.7 Å². The Hall–Kier alpha value is -1.81. The van der Waals surface area contributed by atoms with Crippen LogP contribution in [0.4, 0.5) is 5.82 Å². The Bertz CT molecular complexity index is 440. The molecule has 0 unspecified atom stereocenters. The minimum Gasteiger partial charge on any atom is -0.340 e. The highest BCUT2D eigenvalue weighted by molar-refractivity contribution is 5.86. The van der Waals surface area contributed by atoms with Gasteiger partial charge in [-0.05, 0) is 19.1 Å². The lowest BCUT2D eigenvalue weighted by Gasteiger charge is -1.93. The van der Waals surface area contributed by atoms with Crippen molar-refractivity contribution in [3.8, 4) is 0 Å². The van der Waals surface area contributed by atoms with E-state index in [1.54, 1.807) is 6.92 Å². The summed E-state index contributed by atoms with van der Waals surface area (Å²) in [6, 6.07) is 9.85. The molecule has 0 aliphatic heterocycles. The van der Waals surface area contributed by atoms with Crippen molar-refractivity contribution in [2.24, 2.45) is 4.99 Å². The number of rotatable bonds is 1. The zero-order valence-corrected chi connectivity index (χ0v) is 7.78. The number of benzene rings is 1. The summed E-state index contributed by atoms with van der Waals surface area (Å²) in [5, 5.41) is 9.68. The minimum absolute atomic E-state index is 0.455. The third-order valence-electron chi connectivity index (χ3n) is 1.97. The average Bonchev–Trinajstić information content (AvgIpc) is 2.59. The summed E-state index contributed by atoms with van der Waals surface area (Å²) in [4.78, 5) is 7.24. The van der Waals surface area contributed by atoms with Gasteiger partial charge in [-0.3, -0.25) is 10.7 Å². The molecule has 0 aliphatic rings. The molecule has 0 saturated heterocycles. The summed E-state index contributed by atoms with van der Waals surface area (Å²) in [6.07, 6.45) is 0. The molecule has 1 aromatic carbocycles. The largest absolute Gasteiger partial charge is 0.340 e. The number of hydroxylamine groups is 1. The predicted octanol–water partition coefficient (Wildman–Crippen LogP) is 2.20. The predicted molar refractivity (Wildman–Crippen MR) is 56.0 cm³/mol. The summed E-state index contributed by atoms with van der Waals surface area (Å²) >= 11 is 0. The number of hydrogen-bond acceptors (Lipinski definition) is 2. The Labute approximate surface area is 81.2 Å². The molecule has 0 saturated carbocycles. The Balaban J connectivity index is 2.45. The van der Waals surface area contributed by atoms with E-state index in [1.807, 2.05) is 35.8 Å². The standard InChI is InChI=1S/C10H11N3O/c1-7(13-14)11-10-6-8-4-2-3-5-9(8)12-10/h2-6,12,14H,1H3,(H,11,13). The molecule has 4 heteroatoms. The highest BCUT2D eigenvalue weighted by Gasteiger charge is 1.97. The maximum Gasteiger partial charge on any atom is 0.133 e. The highest BCUT2D eigenvalue weighted by Crippen LogP contribution is 2.19. The van der Waals surface area contributed by atoms with E-state index in [0.29, 0.717) is 5.84 Å². The van der Waals surface area contributed by atoms with Gasteiger partial charge >= 0.3 is 0 Å². The van der Waals surface area contributed by atoms with Crippen LogP contribution >= 0.6 is 0 Å².